The molecule has 4 bridgehead atoms. The largest absolute Gasteiger partial charge is 0.0654 e. The van der Waals surface area contributed by atoms with Crippen LogP contribution in [0.4, 0.5) is 0 Å². The number of aryl methyl sites for hydroxylation is 3. The molecule has 0 saturated heterocycles. The lowest BCUT2D eigenvalue weighted by atomic mass is 9.47. The summed E-state index contributed by atoms with van der Waals surface area (Å²) >= 11 is 0. The molecule has 2 atom stereocenters. The van der Waals surface area contributed by atoms with E-state index in [0.717, 1.165) is 37.0 Å². The Morgan fingerprint density at radius 2 is 1.00 bits per heavy atom. The molecule has 0 aromatic heterocycles. The molecular weight excluding hydrogens is 841 g/mol. The molecule has 0 spiro atoms. The monoisotopic (exact) mass is 970 g/mol. The van der Waals surface area contributed by atoms with Gasteiger partial charge in [0.15, 0.2) is 0 Å². The molecule has 402 valence electrons. The smallest absolute Gasteiger partial charge is 0.0629 e. The van der Waals surface area contributed by atoms with Gasteiger partial charge in [-0.3, -0.25) is 0 Å². The van der Waals surface area contributed by atoms with Gasteiger partial charge in [0.05, 0.1) is 5.48 Å². The van der Waals surface area contributed by atoms with Crippen molar-refractivity contribution < 1.29 is 9.60 Å². The van der Waals surface area contributed by atoms with Crippen LogP contribution in [-0.2, 0) is 16.2 Å². The first-order valence-corrected chi connectivity index (χ1v) is 28.5. The standard InChI is InChI=1S/C14H24.C12H18.2C11H16.2C11H24/c1-14(2,3)13-11-5-9-4-10(7-11)8-12(13)6-9;1-9-7-6-8-10(2)11(9)12(3,4)5;1-9-6-5-7-10(8-9)11(2,3)4;1-9-7-5-6-8-10(9)11(2,3)4;2*1-6-8-10(7-2)9-11(3,4)5/h9-13H,4-8H2,1-3H3;6-8H,1-5H3;2*5-8H,1-4H3;2*10H,6-9H2,1-5H3/i13D;;5D,6D,7D,8D;;9D2;. The van der Waals surface area contributed by atoms with E-state index in [-0.39, 0.29) is 63.1 Å². The molecule has 2 unspecified atom stereocenters. The van der Waals surface area contributed by atoms with Crippen LogP contribution in [0.3, 0.4) is 0 Å². The Hall–Kier alpha value is -2.34. The lowest BCUT2D eigenvalue weighted by molar-refractivity contribution is -0.0811. The first kappa shape index (κ1) is 53.9. The topological polar surface area (TPSA) is 0 Å². The van der Waals surface area contributed by atoms with E-state index in [9.17, 15) is 0 Å². The van der Waals surface area contributed by atoms with Crippen molar-refractivity contribution in [2.24, 2.45) is 57.6 Å². The first-order chi connectivity index (χ1) is 34.8. The van der Waals surface area contributed by atoms with Crippen molar-refractivity contribution >= 4 is 0 Å². The average molecular weight is 971 g/mol. The van der Waals surface area contributed by atoms with Gasteiger partial charge in [0.25, 0.3) is 0 Å². The first-order valence-electron chi connectivity index (χ1n) is 32.0. The maximum Gasteiger partial charge on any atom is 0.0629 e. The zero-order valence-electron chi connectivity index (χ0n) is 58.5. The van der Waals surface area contributed by atoms with Crippen LogP contribution in [0.1, 0.15) is 284 Å². The van der Waals surface area contributed by atoms with Gasteiger partial charge in [-0.25, -0.2) is 0 Å². The van der Waals surface area contributed by atoms with Crippen LogP contribution in [0.2, 0.25) is 0 Å². The fourth-order valence-electron chi connectivity index (χ4n) is 12.2. The lowest BCUT2D eigenvalue weighted by Crippen LogP contribution is -2.49. The highest BCUT2D eigenvalue weighted by Crippen LogP contribution is 2.60. The second kappa shape index (κ2) is 28.9. The zero-order chi connectivity index (χ0) is 60.2. The molecule has 0 N–H and O–H groups in total. The molecule has 70 heavy (non-hydrogen) atoms. The third kappa shape index (κ3) is 25.1. The number of hydrogen-bond acceptors (Lipinski definition) is 0. The second-order valence-electron chi connectivity index (χ2n) is 28.5. The van der Waals surface area contributed by atoms with Crippen LogP contribution >= 0.6 is 0 Å². The minimum atomic E-state index is -1.04. The van der Waals surface area contributed by atoms with Crippen LogP contribution in [0.5, 0.6) is 0 Å². The van der Waals surface area contributed by atoms with Crippen LogP contribution < -0.4 is 0 Å². The van der Waals surface area contributed by atoms with E-state index in [4.69, 9.17) is 9.60 Å². The number of hydrogen-bond donors (Lipinski definition) is 0. The minimum Gasteiger partial charge on any atom is -0.0654 e. The Balaban J connectivity index is 0.000000464. The van der Waals surface area contributed by atoms with Gasteiger partial charge in [0.2, 0.25) is 0 Å². The third-order valence-electron chi connectivity index (χ3n) is 14.5. The van der Waals surface area contributed by atoms with E-state index in [2.05, 4.69) is 174 Å². The summed E-state index contributed by atoms with van der Waals surface area (Å²) in [6.07, 6.45) is 14.4. The van der Waals surface area contributed by atoms with Crippen LogP contribution in [0.15, 0.2) is 66.6 Å². The molecule has 4 aliphatic carbocycles. The molecule has 4 saturated carbocycles. The van der Waals surface area contributed by atoms with Crippen molar-refractivity contribution in [2.75, 3.05) is 0 Å². The van der Waals surface area contributed by atoms with E-state index in [1.165, 1.54) is 85.6 Å². The van der Waals surface area contributed by atoms with Crippen molar-refractivity contribution in [1.29, 1.82) is 0 Å². The molecule has 0 amide bonds. The second-order valence-corrected chi connectivity index (χ2v) is 28.5. The van der Waals surface area contributed by atoms with Crippen molar-refractivity contribution in [3.05, 3.63) is 106 Å². The van der Waals surface area contributed by atoms with E-state index in [1.807, 2.05) is 41.5 Å². The Labute approximate surface area is 450 Å². The summed E-state index contributed by atoms with van der Waals surface area (Å²) in [4.78, 5) is 0. The van der Waals surface area contributed by atoms with Crippen LogP contribution in [0.25, 0.3) is 0 Å². The van der Waals surface area contributed by atoms with E-state index in [1.54, 1.807) is 6.92 Å². The zero-order valence-corrected chi connectivity index (χ0v) is 51.5. The molecule has 4 fully saturated rings. The van der Waals surface area contributed by atoms with Gasteiger partial charge in [-0.2, -0.15) is 0 Å². The molecule has 0 heteroatoms. The highest BCUT2D eigenvalue weighted by molar-refractivity contribution is 5.38. The summed E-state index contributed by atoms with van der Waals surface area (Å²) in [6, 6.07) is 15.2. The van der Waals surface area contributed by atoms with Gasteiger partial charge >= 0.3 is 0 Å². The van der Waals surface area contributed by atoms with Gasteiger partial charge in [-0.05, 0) is 180 Å². The molecule has 7 rings (SSSR count). The Morgan fingerprint density at radius 3 is 1.34 bits per heavy atom. The summed E-state index contributed by atoms with van der Waals surface area (Å²) in [5, 5.41) is 0. The van der Waals surface area contributed by atoms with E-state index in [0.29, 0.717) is 28.4 Å². The predicted molar refractivity (Wildman–Crippen MR) is 320 cm³/mol. The Bertz CT molecular complexity index is 2150. The van der Waals surface area contributed by atoms with Crippen molar-refractivity contribution in [1.82, 2.24) is 0 Å². The maximum absolute atomic E-state index is 9.00. The van der Waals surface area contributed by atoms with Gasteiger partial charge in [0.1, 0.15) is 0 Å². The van der Waals surface area contributed by atoms with Crippen molar-refractivity contribution in [3.8, 4) is 0 Å². The molecule has 0 radical (unpaired) electrons. The molecule has 0 heterocycles. The van der Waals surface area contributed by atoms with E-state index < -0.39 is 6.37 Å². The summed E-state index contributed by atoms with van der Waals surface area (Å²) in [6.45, 7) is 56.2. The molecule has 4 aliphatic rings. The Kier molecular flexibility index (Phi) is 22.3. The van der Waals surface area contributed by atoms with Gasteiger partial charge in [0, 0.05) is 4.11 Å². The fraction of sp³-hybridized carbons (Fsp3) is 0.743. The average Bonchev–Trinajstić information content (AvgIpc) is 3.27. The molecule has 0 aliphatic heterocycles. The van der Waals surface area contributed by atoms with Crippen LogP contribution in [0, 0.1) is 85.3 Å². The fourth-order valence-corrected chi connectivity index (χ4v) is 12.2. The maximum atomic E-state index is 9.00. The summed E-state index contributed by atoms with van der Waals surface area (Å²) in [7, 11) is 0. The SMILES string of the molecule is CCCC(CC)CC(C)(C)C.Cc1cccc(C)c1C(C)(C)C.Cc1ccccc1C(C)(C)C.[2H]C([2H])(C(CC)CCC)C(C)(C)C.[2H]C1(C(C)(C)C)C2CC3CC(C2)CC1C3.[2H]c1c([2H])c(C)c([2H])c(C(C)(C)C)c1[2H]. The van der Waals surface area contributed by atoms with Gasteiger partial charge < -0.3 is 0 Å². The summed E-state index contributed by atoms with van der Waals surface area (Å²) in [5.41, 5.74) is 8.86. The number of rotatable bonds is 8. The highest BCUT2D eigenvalue weighted by atomic mass is 14.6. The quantitative estimate of drug-likeness (QED) is 0.211. The highest BCUT2D eigenvalue weighted by Gasteiger charge is 2.51. The van der Waals surface area contributed by atoms with Crippen molar-refractivity contribution in [3.63, 3.8) is 0 Å². The molecule has 3 aromatic rings. The lowest BCUT2D eigenvalue weighted by Gasteiger charge is -2.58. The van der Waals surface area contributed by atoms with Gasteiger partial charge in [-0.1, -0.05) is 263 Å². The Morgan fingerprint density at radius 1 is 0.543 bits per heavy atom. The third-order valence-corrected chi connectivity index (χ3v) is 14.5. The summed E-state index contributed by atoms with van der Waals surface area (Å²) in [5.74, 6) is 4.47. The normalized spacial score (nSPS) is 23.3. The predicted octanol–water partition coefficient (Wildman–Crippen LogP) is 22.8. The summed E-state index contributed by atoms with van der Waals surface area (Å²) < 4.78 is 56.2. The molecule has 0 nitrogen and oxygen atoms in total. The van der Waals surface area contributed by atoms with Crippen molar-refractivity contribution in [2.45, 2.75) is 280 Å². The molecular formula is C70H122. The minimum absolute atomic E-state index is 0.00185. The number of benzene rings is 3. The van der Waals surface area contributed by atoms with Crippen LogP contribution in [-0.4, -0.2) is 0 Å². The van der Waals surface area contributed by atoms with E-state index >= 15 is 0 Å². The molecule has 3 aromatic carbocycles. The van der Waals surface area contributed by atoms with Gasteiger partial charge in [-0.15, -0.1) is 0 Å².